The normalized spacial score (nSPS) is 13.4. The summed E-state index contributed by atoms with van der Waals surface area (Å²) in [6.07, 6.45) is 0. The first-order chi connectivity index (χ1) is 11.4. The number of ether oxygens (including phenoxy) is 2. The number of nitrogens with zero attached hydrogens (tertiary/aromatic N) is 2. The molecule has 0 saturated heterocycles. The first-order valence-electron chi connectivity index (χ1n) is 7.02. The van der Waals surface area contributed by atoms with Crippen LogP contribution in [0.25, 0.3) is 0 Å². The van der Waals surface area contributed by atoms with Crippen LogP contribution >= 0.6 is 0 Å². The summed E-state index contributed by atoms with van der Waals surface area (Å²) in [5.41, 5.74) is 0.0100. The number of rotatable bonds is 4. The molecule has 0 aliphatic carbocycles. The lowest BCUT2D eigenvalue weighted by Gasteiger charge is -2.22. The molecule has 0 aromatic heterocycles. The second-order valence-electron chi connectivity index (χ2n) is 5.05. The summed E-state index contributed by atoms with van der Waals surface area (Å²) < 4.78 is 37.3. The maximum absolute atomic E-state index is 12.8. The van der Waals surface area contributed by atoms with Crippen LogP contribution in [0, 0.1) is 10.1 Å². The van der Waals surface area contributed by atoms with Crippen molar-refractivity contribution in [2.45, 2.75) is 4.90 Å². The molecule has 3 rings (SSSR count). The van der Waals surface area contributed by atoms with Crippen molar-refractivity contribution in [3.8, 4) is 11.5 Å². The lowest BCUT2D eigenvalue weighted by atomic mass is 10.3. The fourth-order valence-corrected chi connectivity index (χ4v) is 3.49. The molecule has 0 N–H and O–H groups in total. The van der Waals surface area contributed by atoms with Crippen molar-refractivity contribution in [1.82, 2.24) is 0 Å². The highest BCUT2D eigenvalue weighted by atomic mass is 32.2. The number of benzene rings is 2. The van der Waals surface area contributed by atoms with E-state index in [1.54, 1.807) is 0 Å². The van der Waals surface area contributed by atoms with Crippen molar-refractivity contribution in [2.24, 2.45) is 0 Å². The third-order valence-corrected chi connectivity index (χ3v) is 5.36. The monoisotopic (exact) mass is 350 g/mol. The third kappa shape index (κ3) is 2.85. The van der Waals surface area contributed by atoms with Gasteiger partial charge < -0.3 is 9.47 Å². The summed E-state index contributed by atoms with van der Waals surface area (Å²) in [5.74, 6) is 0.841. The Kier molecular flexibility index (Phi) is 4.02. The summed E-state index contributed by atoms with van der Waals surface area (Å²) in [5, 5.41) is 10.9. The van der Waals surface area contributed by atoms with E-state index in [9.17, 15) is 18.5 Å². The van der Waals surface area contributed by atoms with E-state index in [4.69, 9.17) is 9.47 Å². The molecule has 1 aliphatic heterocycles. The third-order valence-electron chi connectivity index (χ3n) is 3.58. The minimum atomic E-state index is -3.89. The van der Waals surface area contributed by atoms with Gasteiger partial charge in [-0.25, -0.2) is 8.42 Å². The van der Waals surface area contributed by atoms with Crippen molar-refractivity contribution in [2.75, 3.05) is 24.6 Å². The maximum atomic E-state index is 12.8. The highest BCUT2D eigenvalue weighted by molar-refractivity contribution is 7.92. The number of anilines is 1. The van der Waals surface area contributed by atoms with E-state index in [-0.39, 0.29) is 16.3 Å². The Morgan fingerprint density at radius 3 is 2.50 bits per heavy atom. The predicted molar refractivity (Wildman–Crippen MR) is 86.1 cm³/mol. The smallest absolute Gasteiger partial charge is 0.271 e. The Labute approximate surface area is 138 Å². The Morgan fingerprint density at radius 1 is 1.08 bits per heavy atom. The second-order valence-corrected chi connectivity index (χ2v) is 7.02. The van der Waals surface area contributed by atoms with E-state index in [1.807, 2.05) is 0 Å². The molecule has 2 aromatic rings. The average molecular weight is 350 g/mol. The Balaban J connectivity index is 1.98. The summed E-state index contributed by atoms with van der Waals surface area (Å²) in [6.45, 7) is 0.754. The lowest BCUT2D eigenvalue weighted by molar-refractivity contribution is -0.384. The fourth-order valence-electron chi connectivity index (χ4n) is 2.28. The van der Waals surface area contributed by atoms with Gasteiger partial charge in [-0.3, -0.25) is 14.4 Å². The zero-order valence-electron chi connectivity index (χ0n) is 12.7. The van der Waals surface area contributed by atoms with Gasteiger partial charge in [0, 0.05) is 25.2 Å². The van der Waals surface area contributed by atoms with Gasteiger partial charge in [-0.1, -0.05) is 6.07 Å². The van der Waals surface area contributed by atoms with Crippen molar-refractivity contribution >= 4 is 21.4 Å². The molecular weight excluding hydrogens is 336 g/mol. The van der Waals surface area contributed by atoms with Crippen molar-refractivity contribution in [3.05, 3.63) is 52.6 Å². The summed E-state index contributed by atoms with van der Waals surface area (Å²) >= 11 is 0. The van der Waals surface area contributed by atoms with Crippen LogP contribution in [-0.4, -0.2) is 33.6 Å². The van der Waals surface area contributed by atoms with Gasteiger partial charge in [0.1, 0.15) is 13.2 Å². The van der Waals surface area contributed by atoms with Crippen molar-refractivity contribution in [1.29, 1.82) is 0 Å². The topological polar surface area (TPSA) is 99.0 Å². The molecule has 0 spiro atoms. The van der Waals surface area contributed by atoms with E-state index in [0.29, 0.717) is 24.7 Å². The molecule has 0 atom stereocenters. The zero-order valence-corrected chi connectivity index (χ0v) is 13.5. The minimum absolute atomic E-state index is 0.0146. The number of hydrogen-bond acceptors (Lipinski definition) is 6. The Hall–Kier alpha value is -2.81. The molecule has 0 amide bonds. The molecule has 24 heavy (non-hydrogen) atoms. The average Bonchev–Trinajstić information content (AvgIpc) is 2.60. The number of non-ortho nitro benzene ring substituents is 1. The number of nitro benzene ring substituents is 1. The SMILES string of the molecule is CN(c1cccc([N+](=O)[O-])c1)S(=O)(=O)c1ccc2c(c1)OCCO2. The molecular formula is C15H14N2O6S. The standard InChI is InChI=1S/C15H14N2O6S/c1-16(11-3-2-4-12(9-11)17(18)19)24(20,21)13-5-6-14-15(10-13)23-8-7-22-14/h2-6,9-10H,7-8H2,1H3. The molecule has 0 saturated carbocycles. The zero-order chi connectivity index (χ0) is 17.3. The number of hydrogen-bond donors (Lipinski definition) is 0. The molecule has 9 heteroatoms. The molecule has 1 aliphatic rings. The van der Waals surface area contributed by atoms with Crippen LogP contribution in [-0.2, 0) is 10.0 Å². The van der Waals surface area contributed by atoms with Crippen LogP contribution in [0.1, 0.15) is 0 Å². The van der Waals surface area contributed by atoms with Gasteiger partial charge in [0.05, 0.1) is 15.5 Å². The molecule has 1 heterocycles. The van der Waals surface area contributed by atoms with Crippen LogP contribution in [0.2, 0.25) is 0 Å². The van der Waals surface area contributed by atoms with Gasteiger partial charge in [-0.2, -0.15) is 0 Å². The van der Waals surface area contributed by atoms with Crippen LogP contribution in [0.15, 0.2) is 47.4 Å². The fraction of sp³-hybridized carbons (Fsp3) is 0.200. The van der Waals surface area contributed by atoms with Gasteiger partial charge in [0.25, 0.3) is 15.7 Å². The highest BCUT2D eigenvalue weighted by Gasteiger charge is 2.25. The van der Waals surface area contributed by atoms with E-state index >= 15 is 0 Å². The van der Waals surface area contributed by atoms with Gasteiger partial charge in [0.15, 0.2) is 11.5 Å². The molecule has 0 fully saturated rings. The maximum Gasteiger partial charge on any atom is 0.271 e. The molecule has 0 bridgehead atoms. The summed E-state index contributed by atoms with van der Waals surface area (Å²) in [6, 6.07) is 9.76. The molecule has 0 radical (unpaired) electrons. The number of nitro groups is 1. The minimum Gasteiger partial charge on any atom is -0.486 e. The van der Waals surface area contributed by atoms with Crippen LogP contribution in [0.5, 0.6) is 11.5 Å². The Morgan fingerprint density at radius 2 is 1.79 bits per heavy atom. The second kappa shape index (κ2) is 6.00. The van der Waals surface area contributed by atoms with Gasteiger partial charge in [-0.05, 0) is 18.2 Å². The molecule has 126 valence electrons. The van der Waals surface area contributed by atoms with E-state index in [2.05, 4.69) is 0 Å². The van der Waals surface area contributed by atoms with Crippen molar-refractivity contribution in [3.63, 3.8) is 0 Å². The molecule has 8 nitrogen and oxygen atoms in total. The van der Waals surface area contributed by atoms with Gasteiger partial charge in [-0.15, -0.1) is 0 Å². The highest BCUT2D eigenvalue weighted by Crippen LogP contribution is 2.34. The first-order valence-corrected chi connectivity index (χ1v) is 8.46. The summed E-state index contributed by atoms with van der Waals surface area (Å²) in [7, 11) is -2.55. The Bertz CT molecular complexity index is 897. The number of sulfonamides is 1. The van der Waals surface area contributed by atoms with Gasteiger partial charge >= 0.3 is 0 Å². The predicted octanol–water partition coefficient (Wildman–Crippen LogP) is 2.19. The van der Waals surface area contributed by atoms with E-state index in [1.165, 1.54) is 49.5 Å². The van der Waals surface area contributed by atoms with Gasteiger partial charge in [0.2, 0.25) is 0 Å². The van der Waals surface area contributed by atoms with E-state index < -0.39 is 14.9 Å². The molecule has 2 aromatic carbocycles. The van der Waals surface area contributed by atoms with Crippen molar-refractivity contribution < 1.29 is 22.8 Å². The van der Waals surface area contributed by atoms with Crippen LogP contribution in [0.3, 0.4) is 0 Å². The first kappa shape index (κ1) is 16.1. The quantitative estimate of drug-likeness (QED) is 0.619. The molecule has 0 unspecified atom stereocenters. The summed E-state index contributed by atoms with van der Waals surface area (Å²) in [4.78, 5) is 10.3. The van der Waals surface area contributed by atoms with Crippen LogP contribution < -0.4 is 13.8 Å². The largest absolute Gasteiger partial charge is 0.486 e. The number of fused-ring (bicyclic) bond motifs is 1. The van der Waals surface area contributed by atoms with E-state index in [0.717, 1.165) is 4.31 Å². The lowest BCUT2D eigenvalue weighted by Crippen LogP contribution is -2.27. The van der Waals surface area contributed by atoms with Crippen LogP contribution in [0.4, 0.5) is 11.4 Å².